The van der Waals surface area contributed by atoms with Gasteiger partial charge in [-0.3, -0.25) is 4.99 Å². The van der Waals surface area contributed by atoms with Gasteiger partial charge in [0.2, 0.25) is 0 Å². The summed E-state index contributed by atoms with van der Waals surface area (Å²) in [6.07, 6.45) is 1.83. The lowest BCUT2D eigenvalue weighted by atomic mass is 10.1. The molecule has 1 fully saturated rings. The van der Waals surface area contributed by atoms with Gasteiger partial charge in [-0.25, -0.2) is 4.79 Å². The van der Waals surface area contributed by atoms with Crippen LogP contribution in [0.4, 0.5) is 10.5 Å². The number of benzene rings is 1. The fourth-order valence-electron chi connectivity index (χ4n) is 2.34. The van der Waals surface area contributed by atoms with Crippen LogP contribution in [0, 0.1) is 19.8 Å². The number of hydrogen-bond acceptors (Lipinski definition) is 3. The monoisotopic (exact) mass is 318 g/mol. The second-order valence-corrected chi connectivity index (χ2v) is 5.96. The number of rotatable bonds is 6. The van der Waals surface area contributed by atoms with Gasteiger partial charge in [-0.05, 0) is 62.8 Å². The van der Waals surface area contributed by atoms with E-state index >= 15 is 0 Å². The van der Waals surface area contributed by atoms with Crippen molar-refractivity contribution in [2.24, 2.45) is 16.6 Å². The molecule has 1 aromatic carbocycles. The number of amides is 1. The highest BCUT2D eigenvalue weighted by molar-refractivity contribution is 5.92. The number of hydrogen-bond donors (Lipinski definition) is 3. The molecule has 0 saturated heterocycles. The van der Waals surface area contributed by atoms with E-state index in [2.05, 4.69) is 29.5 Å². The molecule has 0 radical (unpaired) electrons. The minimum atomic E-state index is -0.389. The third-order valence-corrected chi connectivity index (χ3v) is 4.01. The smallest absolute Gasteiger partial charge is 0.407 e. The number of aliphatic imine (C=N–C) groups is 1. The second-order valence-electron chi connectivity index (χ2n) is 5.96. The van der Waals surface area contributed by atoms with Crippen LogP contribution in [-0.2, 0) is 4.74 Å². The second kappa shape index (κ2) is 7.85. The van der Waals surface area contributed by atoms with E-state index in [1.165, 1.54) is 11.1 Å². The quantitative estimate of drug-likeness (QED) is 0.555. The van der Waals surface area contributed by atoms with Crippen molar-refractivity contribution >= 4 is 17.7 Å². The third-order valence-electron chi connectivity index (χ3n) is 4.01. The fraction of sp³-hybridized carbons (Fsp3) is 0.529. The molecule has 4 N–H and O–H groups in total. The molecule has 6 heteroatoms. The van der Waals surface area contributed by atoms with Crippen LogP contribution in [0.5, 0.6) is 0 Å². The van der Waals surface area contributed by atoms with Crippen molar-refractivity contribution in [3.05, 3.63) is 29.3 Å². The number of carbonyl (C=O) groups is 1. The number of guanidine groups is 1. The van der Waals surface area contributed by atoms with Crippen molar-refractivity contribution in [1.29, 1.82) is 0 Å². The first-order chi connectivity index (χ1) is 11.0. The molecule has 0 bridgehead atoms. The van der Waals surface area contributed by atoms with Crippen molar-refractivity contribution in [2.45, 2.75) is 39.7 Å². The maximum atomic E-state index is 11.6. The molecular weight excluding hydrogens is 292 g/mol. The van der Waals surface area contributed by atoms with Crippen LogP contribution in [-0.4, -0.2) is 31.2 Å². The molecule has 1 aromatic rings. The van der Waals surface area contributed by atoms with E-state index < -0.39 is 0 Å². The molecule has 23 heavy (non-hydrogen) atoms. The van der Waals surface area contributed by atoms with Gasteiger partial charge in [0, 0.05) is 5.69 Å². The Morgan fingerprint density at radius 2 is 2.13 bits per heavy atom. The molecule has 1 saturated carbocycles. The highest BCUT2D eigenvalue weighted by atomic mass is 16.5. The SMILES string of the molecule is CCOC(=O)NC(CN=C(N)Nc1ccc(C)c(C)c1)C1CC1. The van der Waals surface area contributed by atoms with Crippen molar-refractivity contribution < 1.29 is 9.53 Å². The van der Waals surface area contributed by atoms with Gasteiger partial charge in [0.05, 0.1) is 19.2 Å². The van der Waals surface area contributed by atoms with Crippen molar-refractivity contribution in [1.82, 2.24) is 5.32 Å². The normalized spacial score (nSPS) is 15.9. The number of aryl methyl sites for hydroxylation is 2. The molecule has 1 unspecified atom stereocenters. The zero-order chi connectivity index (χ0) is 16.8. The van der Waals surface area contributed by atoms with E-state index in [-0.39, 0.29) is 12.1 Å². The van der Waals surface area contributed by atoms with Crippen LogP contribution in [0.25, 0.3) is 0 Å². The van der Waals surface area contributed by atoms with Gasteiger partial charge in [-0.15, -0.1) is 0 Å². The predicted molar refractivity (Wildman–Crippen MR) is 92.7 cm³/mol. The summed E-state index contributed by atoms with van der Waals surface area (Å²) in [5, 5.41) is 5.95. The zero-order valence-corrected chi connectivity index (χ0v) is 14.1. The Morgan fingerprint density at radius 3 is 2.74 bits per heavy atom. The van der Waals surface area contributed by atoms with E-state index in [0.717, 1.165) is 18.5 Å². The Labute approximate surface area is 137 Å². The fourth-order valence-corrected chi connectivity index (χ4v) is 2.34. The van der Waals surface area contributed by atoms with Crippen LogP contribution in [0.1, 0.15) is 30.9 Å². The third kappa shape index (κ3) is 5.47. The average Bonchev–Trinajstić information content (AvgIpc) is 3.32. The molecule has 1 atom stereocenters. The molecule has 0 aliphatic heterocycles. The van der Waals surface area contributed by atoms with E-state index in [9.17, 15) is 4.79 Å². The summed E-state index contributed by atoms with van der Waals surface area (Å²) in [5.41, 5.74) is 9.29. The molecule has 1 amide bonds. The molecule has 1 aliphatic carbocycles. The standard InChI is InChI=1S/C17H26N4O2/c1-4-23-17(22)21-15(13-6-7-13)10-19-16(18)20-14-8-5-11(2)12(3)9-14/h5,8-9,13,15H,4,6-7,10H2,1-3H3,(H,21,22)(H3,18,19,20). The van der Waals surface area contributed by atoms with Crippen LogP contribution in [0.15, 0.2) is 23.2 Å². The molecule has 126 valence electrons. The number of nitrogens with one attached hydrogen (secondary N) is 2. The van der Waals surface area contributed by atoms with Crippen molar-refractivity contribution in [3.63, 3.8) is 0 Å². The zero-order valence-electron chi connectivity index (χ0n) is 14.1. The number of carbonyl (C=O) groups excluding carboxylic acids is 1. The minimum Gasteiger partial charge on any atom is -0.450 e. The predicted octanol–water partition coefficient (Wildman–Crippen LogP) is 2.55. The molecule has 6 nitrogen and oxygen atoms in total. The van der Waals surface area contributed by atoms with E-state index in [0.29, 0.717) is 25.0 Å². The Bertz CT molecular complexity index is 582. The lowest BCUT2D eigenvalue weighted by molar-refractivity contribution is 0.147. The molecule has 1 aliphatic rings. The summed E-state index contributed by atoms with van der Waals surface area (Å²) in [7, 11) is 0. The minimum absolute atomic E-state index is 0.0193. The average molecular weight is 318 g/mol. The van der Waals surface area contributed by atoms with Crippen LogP contribution < -0.4 is 16.4 Å². The highest BCUT2D eigenvalue weighted by Crippen LogP contribution is 2.32. The van der Waals surface area contributed by atoms with Gasteiger partial charge in [0.1, 0.15) is 0 Å². The van der Waals surface area contributed by atoms with Crippen LogP contribution in [0.2, 0.25) is 0 Å². The number of anilines is 1. The van der Waals surface area contributed by atoms with Crippen molar-refractivity contribution in [2.75, 3.05) is 18.5 Å². The molecule has 2 rings (SSSR count). The lowest BCUT2D eigenvalue weighted by Gasteiger charge is -2.16. The lowest BCUT2D eigenvalue weighted by Crippen LogP contribution is -2.39. The van der Waals surface area contributed by atoms with Gasteiger partial charge in [0.25, 0.3) is 0 Å². The summed E-state index contributed by atoms with van der Waals surface area (Å²) in [6, 6.07) is 6.03. The van der Waals surface area contributed by atoms with Gasteiger partial charge in [-0.1, -0.05) is 6.07 Å². The Hall–Kier alpha value is -2.24. The van der Waals surface area contributed by atoms with Gasteiger partial charge in [-0.2, -0.15) is 0 Å². The first-order valence-electron chi connectivity index (χ1n) is 8.07. The summed E-state index contributed by atoms with van der Waals surface area (Å²) >= 11 is 0. The Balaban J connectivity index is 1.90. The molecule has 0 aromatic heterocycles. The number of ether oxygens (including phenoxy) is 1. The summed E-state index contributed by atoms with van der Waals surface area (Å²) in [5.74, 6) is 0.821. The maximum absolute atomic E-state index is 11.6. The topological polar surface area (TPSA) is 88.7 Å². The molecular formula is C17H26N4O2. The van der Waals surface area contributed by atoms with E-state index in [4.69, 9.17) is 10.5 Å². The highest BCUT2D eigenvalue weighted by Gasteiger charge is 2.32. The van der Waals surface area contributed by atoms with Gasteiger partial charge < -0.3 is 21.1 Å². The number of nitrogens with zero attached hydrogens (tertiary/aromatic N) is 1. The Morgan fingerprint density at radius 1 is 1.39 bits per heavy atom. The summed E-state index contributed by atoms with van der Waals surface area (Å²) < 4.78 is 4.93. The van der Waals surface area contributed by atoms with Crippen LogP contribution in [0.3, 0.4) is 0 Å². The maximum Gasteiger partial charge on any atom is 0.407 e. The van der Waals surface area contributed by atoms with E-state index in [1.54, 1.807) is 6.92 Å². The van der Waals surface area contributed by atoms with Gasteiger partial charge >= 0.3 is 6.09 Å². The molecule has 0 spiro atoms. The first kappa shape index (κ1) is 17.1. The number of nitrogens with two attached hydrogens (primary N) is 1. The molecule has 0 heterocycles. The van der Waals surface area contributed by atoms with Crippen molar-refractivity contribution in [3.8, 4) is 0 Å². The van der Waals surface area contributed by atoms with Gasteiger partial charge in [0.15, 0.2) is 5.96 Å². The summed E-state index contributed by atoms with van der Waals surface area (Å²) in [4.78, 5) is 15.9. The van der Waals surface area contributed by atoms with Crippen LogP contribution >= 0.6 is 0 Å². The van der Waals surface area contributed by atoms with E-state index in [1.807, 2.05) is 18.2 Å². The first-order valence-corrected chi connectivity index (χ1v) is 8.07. The number of alkyl carbamates (subject to hydrolysis) is 1. The Kier molecular flexibility index (Phi) is 5.84. The largest absolute Gasteiger partial charge is 0.450 e. The summed E-state index contributed by atoms with van der Waals surface area (Å²) in [6.45, 7) is 6.73.